The third-order valence-corrected chi connectivity index (χ3v) is 1.73. The van der Waals surface area contributed by atoms with Gasteiger partial charge in [0.15, 0.2) is 0 Å². The number of ether oxygens (including phenoxy) is 1. The van der Waals surface area contributed by atoms with Crippen LogP contribution in [0.2, 0.25) is 0 Å². The van der Waals surface area contributed by atoms with E-state index in [4.69, 9.17) is 16.2 Å². The van der Waals surface area contributed by atoms with E-state index >= 15 is 0 Å². The molecule has 0 radical (unpaired) electrons. The first-order chi connectivity index (χ1) is 6.19. The molecule has 0 fully saturated rings. The zero-order valence-electron chi connectivity index (χ0n) is 7.74. The Balaban J connectivity index is 2.99. The van der Waals surface area contributed by atoms with Gasteiger partial charge in [-0.05, 0) is 19.2 Å². The summed E-state index contributed by atoms with van der Waals surface area (Å²) in [5, 5.41) is 2.87. The van der Waals surface area contributed by atoms with Crippen molar-refractivity contribution in [3.05, 3.63) is 17.8 Å². The molecule has 0 amide bonds. The lowest BCUT2D eigenvalue weighted by molar-refractivity contribution is 0.396. The minimum atomic E-state index is -0.297. The Bertz CT molecular complexity index is 289. The Labute approximate surface area is 77.1 Å². The molecule has 0 aliphatic rings. The molecule has 0 spiro atoms. The maximum Gasteiger partial charge on any atom is 0.237 e. The monoisotopic (exact) mass is 182 g/mol. The predicted molar refractivity (Wildman–Crippen MR) is 51.2 cm³/mol. The molecule has 1 unspecified atom stereocenters. The molecular weight excluding hydrogens is 168 g/mol. The van der Waals surface area contributed by atoms with E-state index in [0.717, 1.165) is 0 Å². The van der Waals surface area contributed by atoms with Gasteiger partial charge in [0.05, 0.1) is 24.7 Å². The number of methoxy groups -OCH3 is 1. The van der Waals surface area contributed by atoms with E-state index in [9.17, 15) is 0 Å². The molecule has 0 saturated heterocycles. The lowest BCUT2D eigenvalue weighted by atomic mass is 10.3. The molecular formula is C8H14N4O. The second-order valence-corrected chi connectivity index (χ2v) is 2.60. The van der Waals surface area contributed by atoms with Gasteiger partial charge in [-0.2, -0.15) is 0 Å². The van der Waals surface area contributed by atoms with E-state index in [1.165, 1.54) is 7.11 Å². The molecule has 5 N–H and O–H groups in total. The highest BCUT2D eigenvalue weighted by Crippen LogP contribution is 2.19. The molecule has 1 aromatic heterocycles. The van der Waals surface area contributed by atoms with E-state index < -0.39 is 0 Å². The van der Waals surface area contributed by atoms with Gasteiger partial charge in [-0.3, -0.25) is 0 Å². The number of nitrogens with one attached hydrogen (secondary N) is 1. The Hall–Kier alpha value is -1.33. The van der Waals surface area contributed by atoms with Crippen LogP contribution in [0.1, 0.15) is 11.9 Å². The molecule has 0 aromatic carbocycles. The van der Waals surface area contributed by atoms with Gasteiger partial charge in [-0.15, -0.1) is 0 Å². The normalized spacial score (nSPS) is 12.5. The van der Waals surface area contributed by atoms with Crippen LogP contribution in [0.15, 0.2) is 12.1 Å². The van der Waals surface area contributed by atoms with Gasteiger partial charge in [0, 0.05) is 0 Å². The minimum Gasteiger partial charge on any atom is -0.480 e. The van der Waals surface area contributed by atoms with Crippen molar-refractivity contribution in [2.45, 2.75) is 6.17 Å². The lowest BCUT2D eigenvalue weighted by Gasteiger charge is -2.11. The lowest BCUT2D eigenvalue weighted by Crippen LogP contribution is -2.26. The van der Waals surface area contributed by atoms with Crippen molar-refractivity contribution < 1.29 is 4.74 Å². The second kappa shape index (κ2) is 4.06. The first-order valence-electron chi connectivity index (χ1n) is 3.92. The summed E-state index contributed by atoms with van der Waals surface area (Å²) in [6, 6.07) is 3.48. The summed E-state index contributed by atoms with van der Waals surface area (Å²) < 4.78 is 4.96. The van der Waals surface area contributed by atoms with E-state index in [0.29, 0.717) is 17.3 Å². The summed E-state index contributed by atoms with van der Waals surface area (Å²) in [7, 11) is 3.28. The topological polar surface area (TPSA) is 86.2 Å². The number of nitrogens with zero attached hydrogens (tertiary/aromatic N) is 1. The molecule has 1 heterocycles. The third-order valence-electron chi connectivity index (χ3n) is 1.73. The predicted octanol–water partition coefficient (Wildman–Crippen LogP) is -0.151. The average Bonchev–Trinajstić information content (AvgIpc) is 2.17. The summed E-state index contributed by atoms with van der Waals surface area (Å²) in [4.78, 5) is 4.13. The van der Waals surface area contributed by atoms with Crippen LogP contribution < -0.4 is 21.5 Å². The second-order valence-electron chi connectivity index (χ2n) is 2.60. The van der Waals surface area contributed by atoms with E-state index in [1.807, 2.05) is 0 Å². The number of rotatable bonds is 3. The smallest absolute Gasteiger partial charge is 0.237 e. The SMILES string of the molecule is CNC(N)c1ccc(N)c(OC)n1. The van der Waals surface area contributed by atoms with Crippen molar-refractivity contribution in [2.24, 2.45) is 5.73 Å². The molecule has 0 saturated carbocycles. The summed E-state index contributed by atoms with van der Waals surface area (Å²) >= 11 is 0. The fraction of sp³-hybridized carbons (Fsp3) is 0.375. The molecule has 13 heavy (non-hydrogen) atoms. The number of nitrogen functional groups attached to an aromatic ring is 1. The molecule has 72 valence electrons. The highest BCUT2D eigenvalue weighted by Gasteiger charge is 2.07. The Morgan fingerprint density at radius 1 is 1.54 bits per heavy atom. The van der Waals surface area contributed by atoms with Crippen LogP contribution in [0.5, 0.6) is 5.88 Å². The largest absolute Gasteiger partial charge is 0.480 e. The average molecular weight is 182 g/mol. The highest BCUT2D eigenvalue weighted by molar-refractivity contribution is 5.48. The van der Waals surface area contributed by atoms with Gasteiger partial charge in [-0.1, -0.05) is 0 Å². The molecule has 1 atom stereocenters. The number of aromatic nitrogens is 1. The number of nitrogens with two attached hydrogens (primary N) is 2. The highest BCUT2D eigenvalue weighted by atomic mass is 16.5. The fourth-order valence-electron chi connectivity index (χ4n) is 0.950. The standard InChI is InChI=1S/C8H14N4O/c1-11-7(10)6-4-3-5(9)8(12-6)13-2/h3-4,7,11H,9-10H2,1-2H3. The number of pyridine rings is 1. The van der Waals surface area contributed by atoms with Gasteiger partial charge in [0.2, 0.25) is 5.88 Å². The third kappa shape index (κ3) is 2.07. The van der Waals surface area contributed by atoms with Crippen LogP contribution in [0.3, 0.4) is 0 Å². The molecule has 0 aliphatic heterocycles. The number of hydrogen-bond donors (Lipinski definition) is 3. The van der Waals surface area contributed by atoms with Crippen LogP contribution >= 0.6 is 0 Å². The van der Waals surface area contributed by atoms with Gasteiger partial charge >= 0.3 is 0 Å². The number of hydrogen-bond acceptors (Lipinski definition) is 5. The van der Waals surface area contributed by atoms with Crippen molar-refractivity contribution in [3.8, 4) is 5.88 Å². The van der Waals surface area contributed by atoms with Crippen LogP contribution in [0.4, 0.5) is 5.69 Å². The molecule has 5 heteroatoms. The van der Waals surface area contributed by atoms with E-state index in [1.54, 1.807) is 19.2 Å². The van der Waals surface area contributed by atoms with Crippen LogP contribution in [-0.2, 0) is 0 Å². The summed E-state index contributed by atoms with van der Waals surface area (Å²) in [5.41, 5.74) is 12.5. The van der Waals surface area contributed by atoms with E-state index in [-0.39, 0.29) is 6.17 Å². The summed E-state index contributed by atoms with van der Waals surface area (Å²) in [6.07, 6.45) is -0.297. The first kappa shape index (κ1) is 9.76. The molecule has 1 rings (SSSR count). The maximum absolute atomic E-state index is 5.70. The van der Waals surface area contributed by atoms with Gasteiger partial charge in [0.25, 0.3) is 0 Å². The van der Waals surface area contributed by atoms with Crippen molar-refractivity contribution >= 4 is 5.69 Å². The maximum atomic E-state index is 5.70. The molecule has 1 aromatic rings. The van der Waals surface area contributed by atoms with Crippen LogP contribution in [-0.4, -0.2) is 19.1 Å². The van der Waals surface area contributed by atoms with Crippen LogP contribution in [0, 0.1) is 0 Å². The Kier molecular flexibility index (Phi) is 3.05. The van der Waals surface area contributed by atoms with Crippen molar-refractivity contribution in [1.82, 2.24) is 10.3 Å². The Morgan fingerprint density at radius 2 is 2.23 bits per heavy atom. The minimum absolute atomic E-state index is 0.297. The van der Waals surface area contributed by atoms with Crippen molar-refractivity contribution in [3.63, 3.8) is 0 Å². The van der Waals surface area contributed by atoms with Crippen molar-refractivity contribution in [1.29, 1.82) is 0 Å². The van der Waals surface area contributed by atoms with Gasteiger partial charge in [0.1, 0.15) is 0 Å². The van der Waals surface area contributed by atoms with Gasteiger partial charge < -0.3 is 21.5 Å². The molecule has 0 aliphatic carbocycles. The zero-order chi connectivity index (χ0) is 9.84. The summed E-state index contributed by atoms with van der Waals surface area (Å²) in [5.74, 6) is 0.406. The number of anilines is 1. The van der Waals surface area contributed by atoms with Crippen LogP contribution in [0.25, 0.3) is 0 Å². The Morgan fingerprint density at radius 3 is 2.77 bits per heavy atom. The van der Waals surface area contributed by atoms with E-state index in [2.05, 4.69) is 10.3 Å². The fourth-order valence-corrected chi connectivity index (χ4v) is 0.950. The molecule has 5 nitrogen and oxygen atoms in total. The van der Waals surface area contributed by atoms with Crippen molar-refractivity contribution in [2.75, 3.05) is 19.9 Å². The zero-order valence-corrected chi connectivity index (χ0v) is 7.74. The molecule has 0 bridgehead atoms. The first-order valence-corrected chi connectivity index (χ1v) is 3.92. The quantitative estimate of drug-likeness (QED) is 0.566. The summed E-state index contributed by atoms with van der Waals surface area (Å²) in [6.45, 7) is 0. The van der Waals surface area contributed by atoms with Gasteiger partial charge in [-0.25, -0.2) is 4.98 Å².